The fourth-order valence-electron chi connectivity index (χ4n) is 1.31. The minimum Gasteiger partial charge on any atom is -0.352 e. The number of rotatable bonds is 5. The summed E-state index contributed by atoms with van der Waals surface area (Å²) in [7, 11) is 0. The van der Waals surface area contributed by atoms with Crippen LogP contribution in [0.2, 0.25) is 0 Å². The number of carbonyl (C=O) groups is 2. The van der Waals surface area contributed by atoms with Gasteiger partial charge in [-0.15, -0.1) is 0 Å². The monoisotopic (exact) mass is 232 g/mol. The van der Waals surface area contributed by atoms with Gasteiger partial charge in [0.15, 0.2) is 0 Å². The van der Waals surface area contributed by atoms with Crippen LogP contribution in [0.15, 0.2) is 36.9 Å². The minimum absolute atomic E-state index is 0.188. The summed E-state index contributed by atoms with van der Waals surface area (Å²) in [5, 5.41) is 5.36. The van der Waals surface area contributed by atoms with Gasteiger partial charge in [0.25, 0.3) is 5.91 Å². The second kappa shape index (κ2) is 6.48. The van der Waals surface area contributed by atoms with Crippen molar-refractivity contribution in [3.8, 4) is 0 Å². The molecule has 1 rings (SSSR count). The first-order chi connectivity index (χ1) is 8.19. The van der Waals surface area contributed by atoms with E-state index in [1.54, 1.807) is 24.3 Å². The average Bonchev–Trinajstić information content (AvgIpc) is 2.36. The zero-order valence-corrected chi connectivity index (χ0v) is 9.82. The lowest BCUT2D eigenvalue weighted by Crippen LogP contribution is -2.25. The van der Waals surface area contributed by atoms with Gasteiger partial charge in [0.05, 0.1) is 11.3 Å². The molecule has 90 valence electrons. The highest BCUT2D eigenvalue weighted by atomic mass is 16.2. The highest BCUT2D eigenvalue weighted by Crippen LogP contribution is 2.14. The third-order valence-corrected chi connectivity index (χ3v) is 2.15. The molecule has 0 radical (unpaired) electrons. The Morgan fingerprint density at radius 2 is 2.06 bits per heavy atom. The summed E-state index contributed by atoms with van der Waals surface area (Å²) in [6, 6.07) is 6.87. The number of hydrogen-bond acceptors (Lipinski definition) is 2. The lowest BCUT2D eigenvalue weighted by molar-refractivity contribution is -0.111. The van der Waals surface area contributed by atoms with E-state index in [4.69, 9.17) is 0 Å². The van der Waals surface area contributed by atoms with E-state index in [0.717, 1.165) is 6.42 Å². The molecule has 2 amide bonds. The second-order valence-corrected chi connectivity index (χ2v) is 3.49. The first kappa shape index (κ1) is 13.0. The quantitative estimate of drug-likeness (QED) is 0.762. The van der Waals surface area contributed by atoms with E-state index in [1.807, 2.05) is 6.92 Å². The van der Waals surface area contributed by atoms with E-state index in [0.29, 0.717) is 17.8 Å². The molecule has 0 atom stereocenters. The van der Waals surface area contributed by atoms with Crippen LogP contribution in [-0.2, 0) is 4.79 Å². The van der Waals surface area contributed by atoms with E-state index in [2.05, 4.69) is 17.2 Å². The lowest BCUT2D eigenvalue weighted by atomic mass is 10.1. The van der Waals surface area contributed by atoms with Gasteiger partial charge in [0, 0.05) is 6.54 Å². The molecule has 1 aromatic carbocycles. The first-order valence-electron chi connectivity index (χ1n) is 5.49. The Morgan fingerprint density at radius 1 is 1.35 bits per heavy atom. The molecule has 0 saturated heterocycles. The van der Waals surface area contributed by atoms with Crippen molar-refractivity contribution in [2.75, 3.05) is 11.9 Å². The number of nitrogens with one attached hydrogen (secondary N) is 2. The Kier molecular flexibility index (Phi) is 4.94. The van der Waals surface area contributed by atoms with Crippen molar-refractivity contribution in [1.29, 1.82) is 0 Å². The summed E-state index contributed by atoms with van der Waals surface area (Å²) in [6.07, 6.45) is 2.04. The third-order valence-electron chi connectivity index (χ3n) is 2.15. The van der Waals surface area contributed by atoms with Crippen LogP contribution in [0.5, 0.6) is 0 Å². The maximum Gasteiger partial charge on any atom is 0.253 e. The van der Waals surface area contributed by atoms with Crippen molar-refractivity contribution in [3.05, 3.63) is 42.5 Å². The van der Waals surface area contributed by atoms with Crippen LogP contribution in [-0.4, -0.2) is 18.4 Å². The number of para-hydroxylation sites is 1. The van der Waals surface area contributed by atoms with E-state index in [1.165, 1.54) is 6.08 Å². The molecule has 17 heavy (non-hydrogen) atoms. The zero-order chi connectivity index (χ0) is 12.7. The zero-order valence-electron chi connectivity index (χ0n) is 9.82. The molecule has 0 aliphatic carbocycles. The molecular weight excluding hydrogens is 216 g/mol. The second-order valence-electron chi connectivity index (χ2n) is 3.49. The van der Waals surface area contributed by atoms with Gasteiger partial charge < -0.3 is 10.6 Å². The number of anilines is 1. The van der Waals surface area contributed by atoms with Crippen molar-refractivity contribution >= 4 is 17.5 Å². The number of carbonyl (C=O) groups excluding carboxylic acids is 2. The van der Waals surface area contributed by atoms with E-state index < -0.39 is 0 Å². The summed E-state index contributed by atoms with van der Waals surface area (Å²) in [4.78, 5) is 23.0. The Morgan fingerprint density at radius 3 is 2.71 bits per heavy atom. The Bertz CT molecular complexity index is 427. The fraction of sp³-hybridized carbons (Fsp3) is 0.231. The highest BCUT2D eigenvalue weighted by molar-refractivity contribution is 6.06. The van der Waals surface area contributed by atoms with Gasteiger partial charge in [-0.25, -0.2) is 0 Å². The van der Waals surface area contributed by atoms with Gasteiger partial charge in [-0.1, -0.05) is 25.6 Å². The standard InChI is InChI=1S/C13H16N2O2/c1-3-9-14-13(17)10-7-5-6-8-11(10)15-12(16)4-2/h4-8H,2-3,9H2,1H3,(H,14,17)(H,15,16). The van der Waals surface area contributed by atoms with Crippen LogP contribution in [0.3, 0.4) is 0 Å². The summed E-state index contributed by atoms with van der Waals surface area (Å²) in [5.74, 6) is -0.521. The minimum atomic E-state index is -0.333. The average molecular weight is 232 g/mol. The molecule has 1 aromatic rings. The molecule has 0 aromatic heterocycles. The molecule has 2 N–H and O–H groups in total. The summed E-state index contributed by atoms with van der Waals surface area (Å²) in [6.45, 7) is 5.96. The number of amides is 2. The van der Waals surface area contributed by atoms with Gasteiger partial charge in [0.1, 0.15) is 0 Å². The fourth-order valence-corrected chi connectivity index (χ4v) is 1.31. The predicted octanol–water partition coefficient (Wildman–Crippen LogP) is 1.95. The van der Waals surface area contributed by atoms with Gasteiger partial charge in [-0.2, -0.15) is 0 Å². The van der Waals surface area contributed by atoms with Crippen LogP contribution in [0.25, 0.3) is 0 Å². The molecule has 0 aliphatic rings. The smallest absolute Gasteiger partial charge is 0.253 e. The van der Waals surface area contributed by atoms with Crippen LogP contribution < -0.4 is 10.6 Å². The van der Waals surface area contributed by atoms with Gasteiger partial charge >= 0.3 is 0 Å². The Balaban J connectivity index is 2.87. The molecule has 4 nitrogen and oxygen atoms in total. The topological polar surface area (TPSA) is 58.2 Å². The maximum atomic E-state index is 11.8. The lowest BCUT2D eigenvalue weighted by Gasteiger charge is -2.09. The molecular formula is C13H16N2O2. The van der Waals surface area contributed by atoms with E-state index in [9.17, 15) is 9.59 Å². The highest BCUT2D eigenvalue weighted by Gasteiger charge is 2.10. The van der Waals surface area contributed by atoms with Gasteiger partial charge in [-0.3, -0.25) is 9.59 Å². The third kappa shape index (κ3) is 3.75. The molecule has 0 saturated carbocycles. The van der Waals surface area contributed by atoms with Crippen LogP contribution >= 0.6 is 0 Å². The summed E-state index contributed by atoms with van der Waals surface area (Å²) in [5.41, 5.74) is 0.946. The summed E-state index contributed by atoms with van der Waals surface area (Å²) < 4.78 is 0. The van der Waals surface area contributed by atoms with E-state index >= 15 is 0 Å². The number of hydrogen-bond donors (Lipinski definition) is 2. The maximum absolute atomic E-state index is 11.8. The molecule has 0 bridgehead atoms. The molecule has 0 heterocycles. The predicted molar refractivity (Wildman–Crippen MR) is 67.9 cm³/mol. The molecule has 0 spiro atoms. The Hall–Kier alpha value is -2.10. The van der Waals surface area contributed by atoms with Crippen molar-refractivity contribution in [3.63, 3.8) is 0 Å². The van der Waals surface area contributed by atoms with Gasteiger partial charge in [0.2, 0.25) is 5.91 Å². The normalized spacial score (nSPS) is 9.47. The number of benzene rings is 1. The van der Waals surface area contributed by atoms with Gasteiger partial charge in [-0.05, 0) is 24.6 Å². The first-order valence-corrected chi connectivity index (χ1v) is 5.49. The van der Waals surface area contributed by atoms with Crippen molar-refractivity contribution in [2.45, 2.75) is 13.3 Å². The molecule has 0 unspecified atom stereocenters. The van der Waals surface area contributed by atoms with Crippen molar-refractivity contribution in [1.82, 2.24) is 5.32 Å². The largest absolute Gasteiger partial charge is 0.352 e. The SMILES string of the molecule is C=CC(=O)Nc1ccccc1C(=O)NCCC. The molecule has 0 fully saturated rings. The van der Waals surface area contributed by atoms with Crippen molar-refractivity contribution < 1.29 is 9.59 Å². The summed E-state index contributed by atoms with van der Waals surface area (Å²) >= 11 is 0. The Labute approximate surface area is 101 Å². The van der Waals surface area contributed by atoms with Crippen LogP contribution in [0, 0.1) is 0 Å². The van der Waals surface area contributed by atoms with Crippen LogP contribution in [0.4, 0.5) is 5.69 Å². The molecule has 0 aliphatic heterocycles. The van der Waals surface area contributed by atoms with Crippen LogP contribution in [0.1, 0.15) is 23.7 Å². The van der Waals surface area contributed by atoms with Crippen molar-refractivity contribution in [2.24, 2.45) is 0 Å². The van der Waals surface area contributed by atoms with E-state index in [-0.39, 0.29) is 11.8 Å². The molecule has 4 heteroatoms.